The number of pyridine rings is 1. The predicted molar refractivity (Wildman–Crippen MR) is 89.4 cm³/mol. The lowest BCUT2D eigenvalue weighted by molar-refractivity contribution is 0.943. The summed E-state index contributed by atoms with van der Waals surface area (Å²) in [5, 5.41) is 0. The molecule has 4 aromatic rings. The molecule has 3 heteroatoms. The van der Waals surface area contributed by atoms with E-state index in [1.54, 1.807) is 0 Å². The van der Waals surface area contributed by atoms with Gasteiger partial charge < -0.3 is 4.57 Å². The van der Waals surface area contributed by atoms with Gasteiger partial charge in [0.1, 0.15) is 11.3 Å². The molecule has 2 heterocycles. The van der Waals surface area contributed by atoms with Gasteiger partial charge in [0.05, 0.1) is 5.69 Å². The van der Waals surface area contributed by atoms with Crippen molar-refractivity contribution in [3.8, 4) is 22.6 Å². The second-order valence-electron chi connectivity index (χ2n) is 5.27. The van der Waals surface area contributed by atoms with Gasteiger partial charge >= 0.3 is 0 Å². The van der Waals surface area contributed by atoms with Crippen LogP contribution in [-0.2, 0) is 7.05 Å². The van der Waals surface area contributed by atoms with Gasteiger partial charge in [0.15, 0.2) is 5.65 Å². The summed E-state index contributed by atoms with van der Waals surface area (Å²) < 4.78 is 2.05. The summed E-state index contributed by atoms with van der Waals surface area (Å²) in [6, 6.07) is 24.5. The first-order chi connectivity index (χ1) is 10.8. The van der Waals surface area contributed by atoms with Crippen LogP contribution in [0.1, 0.15) is 0 Å². The zero-order chi connectivity index (χ0) is 14.9. The van der Waals surface area contributed by atoms with Crippen LogP contribution in [0.25, 0.3) is 33.8 Å². The molecule has 0 aliphatic rings. The summed E-state index contributed by atoms with van der Waals surface area (Å²) in [6.45, 7) is 0. The molecule has 0 bridgehead atoms. The summed E-state index contributed by atoms with van der Waals surface area (Å²) >= 11 is 0. The van der Waals surface area contributed by atoms with Crippen molar-refractivity contribution in [3.05, 3.63) is 72.8 Å². The molecular formula is C19H15N3. The molecule has 0 unspecified atom stereocenters. The van der Waals surface area contributed by atoms with Crippen molar-refractivity contribution in [2.75, 3.05) is 0 Å². The lowest BCUT2D eigenvalue weighted by Gasteiger charge is -2.03. The number of hydrogen-bond donors (Lipinski definition) is 0. The van der Waals surface area contributed by atoms with Crippen LogP contribution in [0.15, 0.2) is 72.8 Å². The Bertz CT molecular complexity index is 925. The first kappa shape index (κ1) is 12.8. The number of aromatic nitrogens is 3. The normalized spacial score (nSPS) is 11.0. The maximum Gasteiger partial charge on any atom is 0.160 e. The molecule has 0 saturated heterocycles. The average Bonchev–Trinajstić information content (AvgIpc) is 2.93. The van der Waals surface area contributed by atoms with Gasteiger partial charge in [-0.15, -0.1) is 0 Å². The molecule has 0 N–H and O–H groups in total. The van der Waals surface area contributed by atoms with Crippen LogP contribution in [0.5, 0.6) is 0 Å². The molecule has 3 nitrogen and oxygen atoms in total. The van der Waals surface area contributed by atoms with Crippen molar-refractivity contribution in [1.29, 1.82) is 0 Å². The Labute approximate surface area is 128 Å². The molecule has 0 spiro atoms. The summed E-state index contributed by atoms with van der Waals surface area (Å²) in [7, 11) is 2.01. The number of hydrogen-bond acceptors (Lipinski definition) is 2. The molecule has 2 aromatic heterocycles. The number of rotatable bonds is 2. The predicted octanol–water partition coefficient (Wildman–Crippen LogP) is 4.30. The van der Waals surface area contributed by atoms with Crippen LogP contribution < -0.4 is 0 Å². The van der Waals surface area contributed by atoms with E-state index in [1.165, 1.54) is 0 Å². The van der Waals surface area contributed by atoms with E-state index < -0.39 is 0 Å². The largest absolute Gasteiger partial charge is 0.312 e. The zero-order valence-electron chi connectivity index (χ0n) is 12.3. The highest BCUT2D eigenvalue weighted by Gasteiger charge is 2.11. The Balaban J connectivity index is 1.89. The van der Waals surface area contributed by atoms with Crippen molar-refractivity contribution < 1.29 is 0 Å². The summed E-state index contributed by atoms with van der Waals surface area (Å²) in [5.41, 5.74) is 5.01. The third kappa shape index (κ3) is 2.07. The number of aryl methyl sites for hydroxylation is 1. The smallest absolute Gasteiger partial charge is 0.160 e. The SMILES string of the molecule is Cn1c(-c2ccccc2)nc2ccc(-c3ccccc3)nc21. The number of fused-ring (bicyclic) bond motifs is 1. The molecule has 0 aliphatic heterocycles. The van der Waals surface area contributed by atoms with Crippen molar-refractivity contribution in [1.82, 2.24) is 14.5 Å². The number of imidazole rings is 1. The van der Waals surface area contributed by atoms with Crippen molar-refractivity contribution in [2.24, 2.45) is 7.05 Å². The average molecular weight is 285 g/mol. The quantitative estimate of drug-likeness (QED) is 0.549. The van der Waals surface area contributed by atoms with E-state index in [9.17, 15) is 0 Å². The van der Waals surface area contributed by atoms with E-state index >= 15 is 0 Å². The van der Waals surface area contributed by atoms with Gasteiger partial charge in [0.2, 0.25) is 0 Å². The summed E-state index contributed by atoms with van der Waals surface area (Å²) in [5.74, 6) is 0.938. The van der Waals surface area contributed by atoms with E-state index in [0.29, 0.717) is 0 Å². The minimum absolute atomic E-state index is 0.903. The van der Waals surface area contributed by atoms with Crippen LogP contribution in [0.2, 0.25) is 0 Å². The molecule has 0 amide bonds. The van der Waals surface area contributed by atoms with Gasteiger partial charge in [-0.3, -0.25) is 0 Å². The summed E-state index contributed by atoms with van der Waals surface area (Å²) in [6.07, 6.45) is 0. The fourth-order valence-corrected chi connectivity index (χ4v) is 2.68. The molecular weight excluding hydrogens is 270 g/mol. The highest BCUT2D eigenvalue weighted by atomic mass is 15.1. The first-order valence-corrected chi connectivity index (χ1v) is 7.27. The molecule has 0 atom stereocenters. The van der Waals surface area contributed by atoms with Gasteiger partial charge in [-0.1, -0.05) is 60.7 Å². The Hall–Kier alpha value is -2.94. The second-order valence-corrected chi connectivity index (χ2v) is 5.27. The highest BCUT2D eigenvalue weighted by Crippen LogP contribution is 2.25. The molecule has 2 aromatic carbocycles. The zero-order valence-corrected chi connectivity index (χ0v) is 12.3. The third-order valence-electron chi connectivity index (χ3n) is 3.82. The lowest BCUT2D eigenvalue weighted by Crippen LogP contribution is -1.94. The molecule has 106 valence electrons. The van der Waals surface area contributed by atoms with Crippen molar-refractivity contribution in [2.45, 2.75) is 0 Å². The monoisotopic (exact) mass is 285 g/mol. The Morgan fingerprint density at radius 1 is 0.682 bits per heavy atom. The van der Waals surface area contributed by atoms with Gasteiger partial charge in [0, 0.05) is 18.2 Å². The van der Waals surface area contributed by atoms with E-state index in [4.69, 9.17) is 9.97 Å². The van der Waals surface area contributed by atoms with Crippen LogP contribution in [0.4, 0.5) is 0 Å². The number of nitrogens with zero attached hydrogens (tertiary/aromatic N) is 3. The Morgan fingerprint density at radius 3 is 2.00 bits per heavy atom. The van der Waals surface area contributed by atoms with E-state index in [0.717, 1.165) is 33.8 Å². The van der Waals surface area contributed by atoms with Gasteiger partial charge in [0.25, 0.3) is 0 Å². The fourth-order valence-electron chi connectivity index (χ4n) is 2.68. The molecule has 4 rings (SSSR count). The Morgan fingerprint density at radius 2 is 1.32 bits per heavy atom. The van der Waals surface area contributed by atoms with Crippen molar-refractivity contribution in [3.63, 3.8) is 0 Å². The minimum atomic E-state index is 0.903. The topological polar surface area (TPSA) is 30.7 Å². The first-order valence-electron chi connectivity index (χ1n) is 7.27. The van der Waals surface area contributed by atoms with Crippen LogP contribution in [0, 0.1) is 0 Å². The molecule has 0 aliphatic carbocycles. The van der Waals surface area contributed by atoms with Crippen LogP contribution in [-0.4, -0.2) is 14.5 Å². The van der Waals surface area contributed by atoms with E-state index in [1.807, 2.05) is 55.6 Å². The maximum absolute atomic E-state index is 4.79. The van der Waals surface area contributed by atoms with Crippen LogP contribution in [0.3, 0.4) is 0 Å². The number of benzene rings is 2. The minimum Gasteiger partial charge on any atom is -0.312 e. The Kier molecular flexibility index (Phi) is 2.97. The second kappa shape index (κ2) is 5.11. The third-order valence-corrected chi connectivity index (χ3v) is 3.82. The molecule has 0 saturated carbocycles. The van der Waals surface area contributed by atoms with E-state index in [2.05, 4.69) is 28.8 Å². The maximum atomic E-state index is 4.79. The van der Waals surface area contributed by atoms with Crippen molar-refractivity contribution >= 4 is 11.2 Å². The van der Waals surface area contributed by atoms with E-state index in [-0.39, 0.29) is 0 Å². The van der Waals surface area contributed by atoms with Crippen LogP contribution >= 0.6 is 0 Å². The van der Waals surface area contributed by atoms with Gasteiger partial charge in [-0.25, -0.2) is 9.97 Å². The van der Waals surface area contributed by atoms with Gasteiger partial charge in [-0.05, 0) is 12.1 Å². The van der Waals surface area contributed by atoms with Gasteiger partial charge in [-0.2, -0.15) is 0 Å². The molecule has 0 fully saturated rings. The highest BCUT2D eigenvalue weighted by molar-refractivity contribution is 5.80. The molecule has 22 heavy (non-hydrogen) atoms. The molecule has 0 radical (unpaired) electrons. The summed E-state index contributed by atoms with van der Waals surface area (Å²) in [4.78, 5) is 9.51. The standard InChI is InChI=1S/C19H15N3/c1-22-18(15-10-6-3-7-11-15)21-17-13-12-16(20-19(17)22)14-8-4-2-5-9-14/h2-13H,1H3. The lowest BCUT2D eigenvalue weighted by atomic mass is 10.1. The fraction of sp³-hybridized carbons (Fsp3) is 0.0526.